The van der Waals surface area contributed by atoms with Crippen LogP contribution in [-0.2, 0) is 0 Å². The fourth-order valence-electron chi connectivity index (χ4n) is 2.19. The summed E-state index contributed by atoms with van der Waals surface area (Å²) in [6.07, 6.45) is 0. The molecule has 84 valence electrons. The molecule has 1 fully saturated rings. The Balaban J connectivity index is 2.10. The summed E-state index contributed by atoms with van der Waals surface area (Å²) < 4.78 is 2.20. The van der Waals surface area contributed by atoms with Crippen LogP contribution in [0.4, 0.5) is 5.69 Å². The largest absolute Gasteiger partial charge is 0.367 e. The van der Waals surface area contributed by atoms with Gasteiger partial charge in [-0.05, 0) is 6.07 Å². The molecule has 0 spiro atoms. The summed E-state index contributed by atoms with van der Waals surface area (Å²) in [5.41, 5.74) is 1.23. The molecule has 0 unspecified atom stereocenters. The molecule has 16 heavy (non-hydrogen) atoms. The molecule has 1 aromatic heterocycles. The van der Waals surface area contributed by atoms with E-state index in [1.807, 2.05) is 0 Å². The van der Waals surface area contributed by atoms with Crippen molar-refractivity contribution in [2.45, 2.75) is 0 Å². The third-order valence-electron chi connectivity index (χ3n) is 2.96. The molecule has 0 atom stereocenters. The van der Waals surface area contributed by atoms with Crippen molar-refractivity contribution in [3.63, 3.8) is 0 Å². The number of piperazine rings is 1. The minimum atomic E-state index is 0.920. The molecular weight excluding hydrogens is 240 g/mol. The summed E-state index contributed by atoms with van der Waals surface area (Å²) in [5.74, 6) is 0. The lowest BCUT2D eigenvalue weighted by Gasteiger charge is -2.29. The molecule has 2 heterocycles. The summed E-state index contributed by atoms with van der Waals surface area (Å²) in [6, 6.07) is 8.44. The number of halogens is 1. The Morgan fingerprint density at radius 3 is 2.75 bits per heavy atom. The van der Waals surface area contributed by atoms with E-state index in [2.05, 4.69) is 34.5 Å². The second-order valence-electron chi connectivity index (χ2n) is 3.96. The van der Waals surface area contributed by atoms with Crippen LogP contribution < -0.4 is 10.2 Å². The fourth-order valence-corrected chi connectivity index (χ4v) is 3.61. The standard InChI is InChI=1S/C12H13ClN2S/c13-12-11(15-7-5-14-6-8-15)9-3-1-2-4-10(9)16-12/h1-4,14H,5-8H2. The molecule has 1 aliphatic rings. The number of benzene rings is 1. The Kier molecular flexibility index (Phi) is 2.75. The van der Waals surface area contributed by atoms with Crippen LogP contribution in [-0.4, -0.2) is 26.2 Å². The molecule has 2 nitrogen and oxygen atoms in total. The average Bonchev–Trinajstić information content (AvgIpc) is 2.66. The number of fused-ring (bicyclic) bond motifs is 1. The first-order valence-electron chi connectivity index (χ1n) is 5.49. The van der Waals surface area contributed by atoms with Gasteiger partial charge in [0.1, 0.15) is 4.34 Å². The van der Waals surface area contributed by atoms with Crippen LogP contribution in [0.1, 0.15) is 0 Å². The number of nitrogens with zero attached hydrogens (tertiary/aromatic N) is 1. The maximum atomic E-state index is 6.36. The van der Waals surface area contributed by atoms with Gasteiger partial charge in [0.15, 0.2) is 0 Å². The normalized spacial score (nSPS) is 16.9. The molecular formula is C12H13ClN2S. The number of thiophene rings is 1. The van der Waals surface area contributed by atoms with E-state index in [-0.39, 0.29) is 0 Å². The van der Waals surface area contributed by atoms with E-state index in [4.69, 9.17) is 11.6 Å². The topological polar surface area (TPSA) is 15.3 Å². The molecule has 0 saturated carbocycles. The van der Waals surface area contributed by atoms with E-state index in [9.17, 15) is 0 Å². The van der Waals surface area contributed by atoms with Gasteiger partial charge < -0.3 is 10.2 Å². The van der Waals surface area contributed by atoms with E-state index in [1.54, 1.807) is 11.3 Å². The molecule has 4 heteroatoms. The smallest absolute Gasteiger partial charge is 0.117 e. The Morgan fingerprint density at radius 1 is 1.19 bits per heavy atom. The zero-order valence-electron chi connectivity index (χ0n) is 8.87. The number of anilines is 1. The van der Waals surface area contributed by atoms with E-state index >= 15 is 0 Å². The van der Waals surface area contributed by atoms with Gasteiger partial charge in [0.25, 0.3) is 0 Å². The molecule has 1 saturated heterocycles. The summed E-state index contributed by atoms with van der Waals surface area (Å²) in [4.78, 5) is 2.39. The van der Waals surface area contributed by atoms with Gasteiger partial charge in [-0.1, -0.05) is 29.8 Å². The minimum absolute atomic E-state index is 0.920. The molecule has 1 aliphatic heterocycles. The van der Waals surface area contributed by atoms with Crippen LogP contribution in [0.25, 0.3) is 10.1 Å². The van der Waals surface area contributed by atoms with Gasteiger partial charge >= 0.3 is 0 Å². The highest BCUT2D eigenvalue weighted by molar-refractivity contribution is 7.23. The first-order valence-corrected chi connectivity index (χ1v) is 6.68. The number of rotatable bonds is 1. The Labute approximate surface area is 104 Å². The van der Waals surface area contributed by atoms with Gasteiger partial charge in [0.2, 0.25) is 0 Å². The Hall–Kier alpha value is -0.770. The van der Waals surface area contributed by atoms with E-state index in [1.165, 1.54) is 15.8 Å². The first-order chi connectivity index (χ1) is 7.86. The second kappa shape index (κ2) is 4.24. The van der Waals surface area contributed by atoms with Crippen LogP contribution >= 0.6 is 22.9 Å². The van der Waals surface area contributed by atoms with Gasteiger partial charge in [-0.25, -0.2) is 0 Å². The first kappa shape index (κ1) is 10.4. The van der Waals surface area contributed by atoms with Crippen molar-refractivity contribution in [1.82, 2.24) is 5.32 Å². The van der Waals surface area contributed by atoms with Crippen molar-refractivity contribution < 1.29 is 0 Å². The summed E-state index contributed by atoms with van der Waals surface area (Å²) >= 11 is 8.03. The van der Waals surface area contributed by atoms with E-state index in [0.717, 1.165) is 30.5 Å². The SMILES string of the molecule is Clc1sc2ccccc2c1N1CCNCC1. The van der Waals surface area contributed by atoms with Crippen LogP contribution in [0.2, 0.25) is 4.34 Å². The molecule has 2 aromatic rings. The molecule has 1 aromatic carbocycles. The summed E-state index contributed by atoms with van der Waals surface area (Å²) in [6.45, 7) is 4.17. The third kappa shape index (κ3) is 1.69. The summed E-state index contributed by atoms with van der Waals surface area (Å²) in [7, 11) is 0. The minimum Gasteiger partial charge on any atom is -0.367 e. The third-order valence-corrected chi connectivity index (χ3v) is 4.32. The Morgan fingerprint density at radius 2 is 1.94 bits per heavy atom. The van der Waals surface area contributed by atoms with Gasteiger partial charge in [-0.2, -0.15) is 0 Å². The number of hydrogen-bond acceptors (Lipinski definition) is 3. The lowest BCUT2D eigenvalue weighted by atomic mass is 10.2. The fraction of sp³-hybridized carbons (Fsp3) is 0.333. The molecule has 3 rings (SSSR count). The van der Waals surface area contributed by atoms with Crippen molar-refractivity contribution >= 4 is 38.7 Å². The second-order valence-corrected chi connectivity index (χ2v) is 5.61. The predicted molar refractivity (Wildman–Crippen MR) is 71.9 cm³/mol. The van der Waals surface area contributed by atoms with Gasteiger partial charge in [0.05, 0.1) is 5.69 Å². The monoisotopic (exact) mass is 252 g/mol. The van der Waals surface area contributed by atoms with Crippen LogP contribution in [0.5, 0.6) is 0 Å². The van der Waals surface area contributed by atoms with Crippen LogP contribution in [0, 0.1) is 0 Å². The maximum absolute atomic E-state index is 6.36. The van der Waals surface area contributed by atoms with Gasteiger partial charge in [-0.15, -0.1) is 11.3 Å². The highest BCUT2D eigenvalue weighted by Gasteiger charge is 2.18. The zero-order chi connectivity index (χ0) is 11.0. The molecule has 0 aliphatic carbocycles. The van der Waals surface area contributed by atoms with Gasteiger partial charge in [0, 0.05) is 36.3 Å². The van der Waals surface area contributed by atoms with Crippen molar-refractivity contribution in [3.05, 3.63) is 28.6 Å². The highest BCUT2D eigenvalue weighted by atomic mass is 35.5. The number of nitrogens with one attached hydrogen (secondary N) is 1. The van der Waals surface area contributed by atoms with E-state index < -0.39 is 0 Å². The van der Waals surface area contributed by atoms with Crippen molar-refractivity contribution in [1.29, 1.82) is 0 Å². The molecule has 1 N–H and O–H groups in total. The molecule has 0 radical (unpaired) electrons. The van der Waals surface area contributed by atoms with E-state index in [0.29, 0.717) is 0 Å². The van der Waals surface area contributed by atoms with Gasteiger partial charge in [-0.3, -0.25) is 0 Å². The van der Waals surface area contributed by atoms with Crippen LogP contribution in [0.15, 0.2) is 24.3 Å². The lowest BCUT2D eigenvalue weighted by molar-refractivity contribution is 0.591. The number of hydrogen-bond donors (Lipinski definition) is 1. The van der Waals surface area contributed by atoms with Crippen LogP contribution in [0.3, 0.4) is 0 Å². The Bertz CT molecular complexity index is 503. The van der Waals surface area contributed by atoms with Crippen molar-refractivity contribution in [2.24, 2.45) is 0 Å². The lowest BCUT2D eigenvalue weighted by Crippen LogP contribution is -2.43. The molecule has 0 bridgehead atoms. The molecule has 0 amide bonds. The van der Waals surface area contributed by atoms with Crippen molar-refractivity contribution in [3.8, 4) is 0 Å². The van der Waals surface area contributed by atoms with Crippen molar-refractivity contribution in [2.75, 3.05) is 31.1 Å². The zero-order valence-corrected chi connectivity index (χ0v) is 10.4. The summed E-state index contributed by atoms with van der Waals surface area (Å²) in [5, 5.41) is 4.65. The highest BCUT2D eigenvalue weighted by Crippen LogP contribution is 2.41. The quantitative estimate of drug-likeness (QED) is 0.840. The average molecular weight is 253 g/mol. The maximum Gasteiger partial charge on any atom is 0.117 e. The predicted octanol–water partition coefficient (Wildman–Crippen LogP) is 2.96.